The molecule has 1 aromatic heterocycles. The predicted octanol–water partition coefficient (Wildman–Crippen LogP) is 3.28. The fourth-order valence-corrected chi connectivity index (χ4v) is 2.85. The summed E-state index contributed by atoms with van der Waals surface area (Å²) in [5.41, 5.74) is 1.76. The molecule has 0 aliphatic carbocycles. The molecule has 2 aromatic rings. The van der Waals surface area contributed by atoms with Gasteiger partial charge in [0.25, 0.3) is 0 Å². The fourth-order valence-electron chi connectivity index (χ4n) is 2.85. The first kappa shape index (κ1) is 10.8. The summed E-state index contributed by atoms with van der Waals surface area (Å²) < 4.78 is 18.9. The van der Waals surface area contributed by atoms with E-state index in [1.807, 2.05) is 6.07 Å². The van der Waals surface area contributed by atoms with Gasteiger partial charge in [0.15, 0.2) is 0 Å². The molecular weight excluding hydrogens is 217 g/mol. The third-order valence-corrected chi connectivity index (χ3v) is 3.75. The number of hydrogen-bond acceptors (Lipinski definition) is 2. The summed E-state index contributed by atoms with van der Waals surface area (Å²) in [7, 11) is 0. The van der Waals surface area contributed by atoms with Crippen molar-refractivity contribution in [3.8, 4) is 0 Å². The first-order valence-corrected chi connectivity index (χ1v) is 6.13. The highest BCUT2D eigenvalue weighted by molar-refractivity contribution is 5.81. The van der Waals surface area contributed by atoms with Crippen molar-refractivity contribution in [2.75, 3.05) is 13.1 Å². The van der Waals surface area contributed by atoms with Gasteiger partial charge in [-0.15, -0.1) is 0 Å². The monoisotopic (exact) mass is 233 g/mol. The molecule has 90 valence electrons. The van der Waals surface area contributed by atoms with Gasteiger partial charge in [-0.25, -0.2) is 4.39 Å². The fraction of sp³-hybridized carbons (Fsp3) is 0.429. The Morgan fingerprint density at radius 1 is 1.41 bits per heavy atom. The molecule has 0 bridgehead atoms. The summed E-state index contributed by atoms with van der Waals surface area (Å²) in [6.07, 6.45) is 2.70. The van der Waals surface area contributed by atoms with Crippen LogP contribution in [-0.4, -0.2) is 13.1 Å². The summed E-state index contributed by atoms with van der Waals surface area (Å²) in [6, 6.07) is 5.08. The molecule has 2 atom stereocenters. The quantitative estimate of drug-likeness (QED) is 0.817. The van der Waals surface area contributed by atoms with E-state index in [0.29, 0.717) is 17.4 Å². The highest BCUT2D eigenvalue weighted by atomic mass is 19.1. The second-order valence-corrected chi connectivity index (χ2v) is 4.90. The maximum Gasteiger partial charge on any atom is 0.137 e. The molecule has 3 heteroatoms. The number of piperidine rings is 1. The number of hydrogen-bond donors (Lipinski definition) is 1. The van der Waals surface area contributed by atoms with E-state index in [9.17, 15) is 4.39 Å². The molecule has 2 heterocycles. The maximum atomic E-state index is 13.6. The molecule has 1 aliphatic heterocycles. The molecule has 3 rings (SSSR count). The highest BCUT2D eigenvalue weighted by Gasteiger charge is 2.25. The summed E-state index contributed by atoms with van der Waals surface area (Å²) in [5.74, 6) is 0.754. The van der Waals surface area contributed by atoms with Crippen LogP contribution in [0.2, 0.25) is 0 Å². The third kappa shape index (κ3) is 1.84. The van der Waals surface area contributed by atoms with Gasteiger partial charge in [-0.05, 0) is 49.0 Å². The molecule has 2 unspecified atom stereocenters. The van der Waals surface area contributed by atoms with Gasteiger partial charge in [0.2, 0.25) is 0 Å². The minimum absolute atomic E-state index is 0.201. The van der Waals surface area contributed by atoms with Crippen molar-refractivity contribution >= 4 is 11.0 Å². The molecule has 1 N–H and O–H groups in total. The second kappa shape index (κ2) is 4.15. The van der Waals surface area contributed by atoms with Crippen molar-refractivity contribution in [3.05, 3.63) is 35.8 Å². The molecule has 0 spiro atoms. The van der Waals surface area contributed by atoms with Gasteiger partial charge in [-0.3, -0.25) is 0 Å². The van der Waals surface area contributed by atoms with E-state index in [2.05, 4.69) is 12.2 Å². The number of halogens is 1. The van der Waals surface area contributed by atoms with Crippen LogP contribution in [0.3, 0.4) is 0 Å². The smallest absolute Gasteiger partial charge is 0.137 e. The molecule has 0 saturated carbocycles. The lowest BCUT2D eigenvalue weighted by atomic mass is 9.81. The van der Waals surface area contributed by atoms with Gasteiger partial charge < -0.3 is 9.73 Å². The maximum absolute atomic E-state index is 13.6. The largest absolute Gasteiger partial charge is 0.464 e. The number of furan rings is 1. The Labute approximate surface area is 99.8 Å². The van der Waals surface area contributed by atoms with E-state index in [4.69, 9.17) is 4.42 Å². The summed E-state index contributed by atoms with van der Waals surface area (Å²) in [6.45, 7) is 4.22. The van der Waals surface area contributed by atoms with E-state index < -0.39 is 0 Å². The first-order valence-electron chi connectivity index (χ1n) is 6.13. The Bertz CT molecular complexity index is 534. The molecule has 0 radical (unpaired) electrons. The third-order valence-electron chi connectivity index (χ3n) is 3.75. The van der Waals surface area contributed by atoms with E-state index in [1.54, 1.807) is 12.3 Å². The van der Waals surface area contributed by atoms with E-state index >= 15 is 0 Å². The van der Waals surface area contributed by atoms with Crippen LogP contribution in [0.15, 0.2) is 28.9 Å². The lowest BCUT2D eigenvalue weighted by molar-refractivity contribution is 0.350. The van der Waals surface area contributed by atoms with Crippen LogP contribution in [0.25, 0.3) is 11.0 Å². The van der Waals surface area contributed by atoms with Crippen molar-refractivity contribution in [3.63, 3.8) is 0 Å². The minimum atomic E-state index is -0.201. The second-order valence-electron chi connectivity index (χ2n) is 4.90. The number of benzene rings is 1. The zero-order chi connectivity index (χ0) is 11.8. The topological polar surface area (TPSA) is 25.2 Å². The Morgan fingerprint density at radius 3 is 3.12 bits per heavy atom. The van der Waals surface area contributed by atoms with Gasteiger partial charge in [0.05, 0.1) is 6.26 Å². The Morgan fingerprint density at radius 2 is 2.29 bits per heavy atom. The zero-order valence-corrected chi connectivity index (χ0v) is 9.87. The van der Waals surface area contributed by atoms with Crippen molar-refractivity contribution in [2.45, 2.75) is 19.3 Å². The molecule has 1 aliphatic rings. The normalized spacial score (nSPS) is 25.3. The van der Waals surface area contributed by atoms with Crippen molar-refractivity contribution < 1.29 is 8.81 Å². The molecule has 1 saturated heterocycles. The molecule has 1 aromatic carbocycles. The lowest BCUT2D eigenvalue weighted by Crippen LogP contribution is -2.33. The predicted molar refractivity (Wildman–Crippen MR) is 65.6 cm³/mol. The van der Waals surface area contributed by atoms with Crippen molar-refractivity contribution in [1.82, 2.24) is 5.32 Å². The van der Waals surface area contributed by atoms with Crippen molar-refractivity contribution in [2.24, 2.45) is 5.92 Å². The molecule has 17 heavy (non-hydrogen) atoms. The average Bonchev–Trinajstić information content (AvgIpc) is 2.76. The van der Waals surface area contributed by atoms with Gasteiger partial charge in [0, 0.05) is 11.5 Å². The molecule has 2 nitrogen and oxygen atoms in total. The number of rotatable bonds is 1. The Kier molecular flexibility index (Phi) is 2.63. The lowest BCUT2D eigenvalue weighted by Gasteiger charge is -2.30. The standard InChI is InChI=1S/C14H16FNO/c1-9-8-16-4-2-11(9)13-6-10(15)7-14-12(13)3-5-17-14/h3,5-7,9,11,16H,2,4,8H2,1H3. The number of fused-ring (bicyclic) bond motifs is 1. The van der Waals surface area contributed by atoms with Gasteiger partial charge in [-0.1, -0.05) is 6.92 Å². The summed E-state index contributed by atoms with van der Waals surface area (Å²) >= 11 is 0. The van der Waals surface area contributed by atoms with Crippen LogP contribution >= 0.6 is 0 Å². The van der Waals surface area contributed by atoms with Crippen LogP contribution in [0, 0.1) is 11.7 Å². The molecular formula is C14H16FNO. The average molecular weight is 233 g/mol. The summed E-state index contributed by atoms with van der Waals surface area (Å²) in [4.78, 5) is 0. The summed E-state index contributed by atoms with van der Waals surface area (Å²) in [5, 5.41) is 4.43. The van der Waals surface area contributed by atoms with Crippen LogP contribution in [0.1, 0.15) is 24.8 Å². The van der Waals surface area contributed by atoms with E-state index in [0.717, 1.165) is 30.5 Å². The Balaban J connectivity index is 2.11. The minimum Gasteiger partial charge on any atom is -0.464 e. The van der Waals surface area contributed by atoms with Gasteiger partial charge in [0.1, 0.15) is 11.4 Å². The molecule has 0 amide bonds. The van der Waals surface area contributed by atoms with Crippen LogP contribution < -0.4 is 5.32 Å². The van der Waals surface area contributed by atoms with Crippen LogP contribution in [0.4, 0.5) is 4.39 Å². The zero-order valence-electron chi connectivity index (χ0n) is 9.87. The first-order chi connectivity index (χ1) is 8.25. The van der Waals surface area contributed by atoms with Crippen LogP contribution in [-0.2, 0) is 0 Å². The highest BCUT2D eigenvalue weighted by Crippen LogP contribution is 2.35. The van der Waals surface area contributed by atoms with Gasteiger partial charge >= 0.3 is 0 Å². The SMILES string of the molecule is CC1CNCCC1c1cc(F)cc2occc12. The van der Waals surface area contributed by atoms with Gasteiger partial charge in [-0.2, -0.15) is 0 Å². The molecule has 1 fully saturated rings. The number of nitrogens with one attached hydrogen (secondary N) is 1. The van der Waals surface area contributed by atoms with E-state index in [-0.39, 0.29) is 5.82 Å². The Hall–Kier alpha value is -1.35. The van der Waals surface area contributed by atoms with Crippen LogP contribution in [0.5, 0.6) is 0 Å². The van der Waals surface area contributed by atoms with E-state index in [1.165, 1.54) is 6.07 Å². The van der Waals surface area contributed by atoms with Crippen molar-refractivity contribution in [1.29, 1.82) is 0 Å².